The summed E-state index contributed by atoms with van der Waals surface area (Å²) in [5, 5.41) is 0. The first-order valence-electron chi connectivity index (χ1n) is 6.67. The second kappa shape index (κ2) is 6.28. The van der Waals surface area contributed by atoms with Crippen LogP contribution in [-0.2, 0) is 4.79 Å². The van der Waals surface area contributed by atoms with E-state index in [1.54, 1.807) is 11.8 Å². The maximum atomic E-state index is 12.3. The van der Waals surface area contributed by atoms with E-state index >= 15 is 0 Å². The highest BCUT2D eigenvalue weighted by molar-refractivity contribution is 8.00. The maximum Gasteiger partial charge on any atom is 0.233 e. The maximum absolute atomic E-state index is 12.3. The minimum absolute atomic E-state index is 0.281. The van der Waals surface area contributed by atoms with Crippen molar-refractivity contribution in [1.29, 1.82) is 0 Å². The van der Waals surface area contributed by atoms with Crippen molar-refractivity contribution in [3.05, 3.63) is 30.3 Å². The molecule has 1 amide bonds. The molecule has 0 spiro atoms. The van der Waals surface area contributed by atoms with Crippen molar-refractivity contribution in [3.8, 4) is 0 Å². The van der Waals surface area contributed by atoms with Crippen LogP contribution in [0.25, 0.3) is 0 Å². The average molecular weight is 263 g/mol. The third kappa shape index (κ3) is 3.29. The SMILES string of the molecule is C[C@@H]1CCC[C@H](C)N1C(=O)CSc1ccccc1. The Morgan fingerprint density at radius 3 is 2.44 bits per heavy atom. The van der Waals surface area contributed by atoms with Gasteiger partial charge in [0.25, 0.3) is 0 Å². The van der Waals surface area contributed by atoms with Gasteiger partial charge in [0, 0.05) is 17.0 Å². The van der Waals surface area contributed by atoms with E-state index in [1.807, 2.05) is 18.2 Å². The van der Waals surface area contributed by atoms with E-state index in [-0.39, 0.29) is 5.91 Å². The summed E-state index contributed by atoms with van der Waals surface area (Å²) >= 11 is 1.64. The number of benzene rings is 1. The summed E-state index contributed by atoms with van der Waals surface area (Å²) in [4.78, 5) is 15.5. The molecule has 0 N–H and O–H groups in total. The van der Waals surface area contributed by atoms with Crippen molar-refractivity contribution >= 4 is 17.7 Å². The van der Waals surface area contributed by atoms with E-state index < -0.39 is 0 Å². The van der Waals surface area contributed by atoms with Gasteiger partial charge < -0.3 is 4.90 Å². The van der Waals surface area contributed by atoms with Crippen LogP contribution in [0.3, 0.4) is 0 Å². The molecule has 18 heavy (non-hydrogen) atoms. The van der Waals surface area contributed by atoms with Crippen LogP contribution in [0, 0.1) is 0 Å². The van der Waals surface area contributed by atoms with Gasteiger partial charge in [-0.2, -0.15) is 0 Å². The van der Waals surface area contributed by atoms with Crippen LogP contribution >= 0.6 is 11.8 Å². The smallest absolute Gasteiger partial charge is 0.233 e. The Balaban J connectivity index is 1.91. The molecule has 0 aliphatic carbocycles. The molecule has 0 saturated carbocycles. The molecular weight excluding hydrogens is 242 g/mol. The standard InChI is InChI=1S/C15H21NOS/c1-12-7-6-8-13(2)16(12)15(17)11-18-14-9-4-3-5-10-14/h3-5,9-10,12-13H,6-8,11H2,1-2H3/t12-,13+. The van der Waals surface area contributed by atoms with Crippen molar-refractivity contribution in [1.82, 2.24) is 4.90 Å². The van der Waals surface area contributed by atoms with Gasteiger partial charge in [0.15, 0.2) is 0 Å². The molecule has 3 heteroatoms. The number of carbonyl (C=O) groups excluding carboxylic acids is 1. The molecule has 1 fully saturated rings. The normalized spacial score (nSPS) is 24.0. The van der Waals surface area contributed by atoms with Gasteiger partial charge in [-0.3, -0.25) is 4.79 Å². The second-order valence-electron chi connectivity index (χ2n) is 5.03. The van der Waals surface area contributed by atoms with Gasteiger partial charge in [-0.25, -0.2) is 0 Å². The third-order valence-electron chi connectivity index (χ3n) is 3.59. The lowest BCUT2D eigenvalue weighted by molar-refractivity contribution is -0.134. The van der Waals surface area contributed by atoms with Crippen molar-refractivity contribution in [3.63, 3.8) is 0 Å². The molecule has 2 rings (SSSR count). The van der Waals surface area contributed by atoms with Crippen LogP contribution in [-0.4, -0.2) is 28.6 Å². The molecule has 0 unspecified atom stereocenters. The number of nitrogens with zero attached hydrogens (tertiary/aromatic N) is 1. The van der Waals surface area contributed by atoms with Gasteiger partial charge in [-0.05, 0) is 45.2 Å². The van der Waals surface area contributed by atoms with Gasteiger partial charge in [-0.1, -0.05) is 18.2 Å². The molecule has 2 atom stereocenters. The Hall–Kier alpha value is -0.960. The quantitative estimate of drug-likeness (QED) is 0.777. The predicted octanol–water partition coefficient (Wildman–Crippen LogP) is 3.57. The van der Waals surface area contributed by atoms with Gasteiger partial charge >= 0.3 is 0 Å². The van der Waals surface area contributed by atoms with Crippen LogP contribution in [0.1, 0.15) is 33.1 Å². The van der Waals surface area contributed by atoms with E-state index in [1.165, 1.54) is 11.3 Å². The third-order valence-corrected chi connectivity index (χ3v) is 4.58. The fourth-order valence-corrected chi connectivity index (χ4v) is 3.44. The van der Waals surface area contributed by atoms with E-state index in [4.69, 9.17) is 0 Å². The van der Waals surface area contributed by atoms with Crippen LogP contribution in [0.15, 0.2) is 35.2 Å². The predicted molar refractivity (Wildman–Crippen MR) is 76.8 cm³/mol. The molecular formula is C15H21NOS. The number of hydrogen-bond acceptors (Lipinski definition) is 2. The highest BCUT2D eigenvalue weighted by Gasteiger charge is 2.28. The number of carbonyl (C=O) groups is 1. The summed E-state index contributed by atoms with van der Waals surface area (Å²) < 4.78 is 0. The largest absolute Gasteiger partial charge is 0.337 e. The zero-order chi connectivity index (χ0) is 13.0. The molecule has 98 valence electrons. The molecule has 1 aromatic rings. The lowest BCUT2D eigenvalue weighted by Crippen LogP contribution is -2.48. The van der Waals surface area contributed by atoms with Crippen LogP contribution in [0.4, 0.5) is 0 Å². The molecule has 2 nitrogen and oxygen atoms in total. The number of amides is 1. The lowest BCUT2D eigenvalue weighted by Gasteiger charge is -2.39. The van der Waals surface area contributed by atoms with E-state index in [0.717, 1.165) is 12.8 Å². The zero-order valence-corrected chi connectivity index (χ0v) is 12.0. The zero-order valence-electron chi connectivity index (χ0n) is 11.1. The fraction of sp³-hybridized carbons (Fsp3) is 0.533. The second-order valence-corrected chi connectivity index (χ2v) is 6.08. The van der Waals surface area contributed by atoms with Gasteiger partial charge in [0.05, 0.1) is 5.75 Å². The first-order chi connectivity index (χ1) is 8.68. The number of piperidine rings is 1. The Labute approximate surface area is 114 Å². The summed E-state index contributed by atoms with van der Waals surface area (Å²) in [6, 6.07) is 10.9. The summed E-state index contributed by atoms with van der Waals surface area (Å²) in [7, 11) is 0. The molecule has 1 aromatic carbocycles. The minimum Gasteiger partial charge on any atom is -0.337 e. The fourth-order valence-electron chi connectivity index (χ4n) is 2.65. The molecule has 0 bridgehead atoms. The van der Waals surface area contributed by atoms with Crippen molar-refractivity contribution < 1.29 is 4.79 Å². The number of hydrogen-bond donors (Lipinski definition) is 0. The molecule has 0 radical (unpaired) electrons. The molecule has 1 heterocycles. The summed E-state index contributed by atoms with van der Waals surface area (Å²) in [5.74, 6) is 0.835. The van der Waals surface area contributed by atoms with Gasteiger partial charge in [0.1, 0.15) is 0 Å². The monoisotopic (exact) mass is 263 g/mol. The Bertz CT molecular complexity index is 383. The summed E-state index contributed by atoms with van der Waals surface area (Å²) in [6.45, 7) is 4.33. The average Bonchev–Trinajstić information content (AvgIpc) is 2.37. The van der Waals surface area contributed by atoms with E-state index in [2.05, 4.69) is 30.9 Å². The van der Waals surface area contributed by atoms with Crippen molar-refractivity contribution in [2.24, 2.45) is 0 Å². The highest BCUT2D eigenvalue weighted by atomic mass is 32.2. The molecule has 1 aliphatic heterocycles. The number of likely N-dealkylation sites (tertiary alicyclic amines) is 1. The molecule has 1 saturated heterocycles. The first kappa shape index (κ1) is 13.5. The lowest BCUT2D eigenvalue weighted by atomic mass is 9.98. The van der Waals surface area contributed by atoms with Crippen LogP contribution in [0.2, 0.25) is 0 Å². The summed E-state index contributed by atoms with van der Waals surface area (Å²) in [5.41, 5.74) is 0. The van der Waals surface area contributed by atoms with E-state index in [9.17, 15) is 4.79 Å². The minimum atomic E-state index is 0.281. The van der Waals surface area contributed by atoms with Crippen molar-refractivity contribution in [2.75, 3.05) is 5.75 Å². The van der Waals surface area contributed by atoms with Crippen LogP contribution < -0.4 is 0 Å². The number of thioether (sulfide) groups is 1. The topological polar surface area (TPSA) is 20.3 Å². The van der Waals surface area contributed by atoms with Gasteiger partial charge in [-0.15, -0.1) is 11.8 Å². The van der Waals surface area contributed by atoms with Crippen molar-refractivity contribution in [2.45, 2.75) is 50.1 Å². The number of rotatable bonds is 3. The summed E-state index contributed by atoms with van der Waals surface area (Å²) in [6.07, 6.45) is 3.54. The molecule has 1 aliphatic rings. The Kier molecular flexibility index (Phi) is 4.70. The highest BCUT2D eigenvalue weighted by Crippen LogP contribution is 2.25. The first-order valence-corrected chi connectivity index (χ1v) is 7.66. The van der Waals surface area contributed by atoms with Gasteiger partial charge in [0.2, 0.25) is 5.91 Å². The van der Waals surface area contributed by atoms with Crippen LogP contribution in [0.5, 0.6) is 0 Å². The van der Waals surface area contributed by atoms with E-state index in [0.29, 0.717) is 17.8 Å². The Morgan fingerprint density at radius 2 is 1.83 bits per heavy atom. The molecule has 0 aromatic heterocycles. The Morgan fingerprint density at radius 1 is 1.22 bits per heavy atom.